The van der Waals surface area contributed by atoms with Crippen molar-refractivity contribution in [1.29, 1.82) is 0 Å². The van der Waals surface area contributed by atoms with Crippen molar-refractivity contribution in [2.75, 3.05) is 13.1 Å². The SMILES string of the molecule is O=S(=O)(c1cncs1)N1CCCCC1. The first-order valence-electron chi connectivity index (χ1n) is 4.60. The molecule has 1 aromatic rings. The fourth-order valence-corrected chi connectivity index (χ4v) is 4.03. The van der Waals surface area contributed by atoms with Crippen LogP contribution in [0.5, 0.6) is 0 Å². The van der Waals surface area contributed by atoms with Crippen LogP contribution in [0, 0.1) is 0 Å². The van der Waals surface area contributed by atoms with Crippen LogP contribution in [0.15, 0.2) is 15.9 Å². The summed E-state index contributed by atoms with van der Waals surface area (Å²) in [6.07, 6.45) is 4.50. The zero-order chi connectivity index (χ0) is 10.0. The lowest BCUT2D eigenvalue weighted by atomic mass is 10.2. The Morgan fingerprint density at radius 1 is 1.29 bits per heavy atom. The summed E-state index contributed by atoms with van der Waals surface area (Å²) in [7, 11) is -3.23. The van der Waals surface area contributed by atoms with Gasteiger partial charge in [0.05, 0.1) is 11.7 Å². The fraction of sp³-hybridized carbons (Fsp3) is 0.625. The van der Waals surface area contributed by atoms with Crippen molar-refractivity contribution in [2.24, 2.45) is 0 Å². The van der Waals surface area contributed by atoms with Crippen molar-refractivity contribution in [3.63, 3.8) is 0 Å². The Hall–Kier alpha value is -0.460. The molecule has 78 valence electrons. The third kappa shape index (κ3) is 1.82. The van der Waals surface area contributed by atoms with Gasteiger partial charge in [-0.2, -0.15) is 4.31 Å². The minimum absolute atomic E-state index is 0.361. The van der Waals surface area contributed by atoms with E-state index in [4.69, 9.17) is 0 Å². The molecule has 4 nitrogen and oxygen atoms in total. The molecule has 0 unspecified atom stereocenters. The molecule has 0 radical (unpaired) electrons. The van der Waals surface area contributed by atoms with Crippen molar-refractivity contribution in [2.45, 2.75) is 23.5 Å². The molecule has 0 aromatic carbocycles. The third-order valence-electron chi connectivity index (χ3n) is 2.32. The van der Waals surface area contributed by atoms with Crippen LogP contribution in [0.2, 0.25) is 0 Å². The minimum Gasteiger partial charge on any atom is -0.252 e. The minimum atomic E-state index is -3.23. The van der Waals surface area contributed by atoms with Crippen LogP contribution in [-0.2, 0) is 10.0 Å². The lowest BCUT2D eigenvalue weighted by Crippen LogP contribution is -2.35. The first-order chi connectivity index (χ1) is 6.71. The molecule has 1 saturated heterocycles. The van der Waals surface area contributed by atoms with Gasteiger partial charge in [0.2, 0.25) is 0 Å². The standard InChI is InChI=1S/C8H12N2O2S2/c11-14(12,8-6-9-7-13-8)10-4-2-1-3-5-10/h6-7H,1-5H2. The highest BCUT2D eigenvalue weighted by atomic mass is 32.2. The van der Waals surface area contributed by atoms with E-state index < -0.39 is 10.0 Å². The summed E-state index contributed by atoms with van der Waals surface area (Å²) in [6.45, 7) is 1.31. The Balaban J connectivity index is 2.23. The second kappa shape index (κ2) is 3.96. The van der Waals surface area contributed by atoms with Crippen molar-refractivity contribution in [3.05, 3.63) is 11.7 Å². The smallest absolute Gasteiger partial charge is 0.252 e. The summed E-state index contributed by atoms with van der Waals surface area (Å²) in [5.41, 5.74) is 1.55. The van der Waals surface area contributed by atoms with Crippen LogP contribution < -0.4 is 0 Å². The first-order valence-corrected chi connectivity index (χ1v) is 6.92. The molecule has 6 heteroatoms. The molecular weight excluding hydrogens is 220 g/mol. The molecule has 2 heterocycles. The van der Waals surface area contributed by atoms with Crippen LogP contribution in [-0.4, -0.2) is 30.8 Å². The molecule has 0 bridgehead atoms. The number of aromatic nitrogens is 1. The Morgan fingerprint density at radius 2 is 2.00 bits per heavy atom. The zero-order valence-corrected chi connectivity index (χ0v) is 9.35. The van der Waals surface area contributed by atoms with Gasteiger partial charge < -0.3 is 0 Å². The summed E-state index contributed by atoms with van der Waals surface area (Å²) in [5, 5.41) is 0. The molecule has 14 heavy (non-hydrogen) atoms. The van der Waals surface area contributed by atoms with Gasteiger partial charge >= 0.3 is 0 Å². The second-order valence-electron chi connectivity index (χ2n) is 3.29. The Labute approximate surface area is 87.6 Å². The molecular formula is C8H12N2O2S2. The molecule has 0 aliphatic carbocycles. The molecule has 1 aromatic heterocycles. The van der Waals surface area contributed by atoms with Crippen molar-refractivity contribution in [1.82, 2.24) is 9.29 Å². The number of sulfonamides is 1. The predicted octanol–water partition coefficient (Wildman–Crippen LogP) is 1.32. The number of piperidine rings is 1. The van der Waals surface area contributed by atoms with Gasteiger partial charge in [-0.1, -0.05) is 6.42 Å². The Kier molecular flexibility index (Phi) is 2.85. The summed E-state index contributed by atoms with van der Waals surface area (Å²) in [4.78, 5) is 3.80. The molecule has 0 amide bonds. The molecule has 0 N–H and O–H groups in total. The molecule has 1 aliphatic heterocycles. The monoisotopic (exact) mass is 232 g/mol. The van der Waals surface area contributed by atoms with E-state index in [1.54, 1.807) is 9.82 Å². The van der Waals surface area contributed by atoms with Crippen molar-refractivity contribution in [3.8, 4) is 0 Å². The molecule has 1 aliphatic rings. The third-order valence-corrected chi connectivity index (χ3v) is 5.46. The largest absolute Gasteiger partial charge is 0.254 e. The van der Waals surface area contributed by atoms with E-state index in [0.29, 0.717) is 17.3 Å². The number of hydrogen-bond donors (Lipinski definition) is 0. The van der Waals surface area contributed by atoms with Gasteiger partial charge in [0.15, 0.2) is 4.21 Å². The van der Waals surface area contributed by atoms with E-state index in [-0.39, 0.29) is 0 Å². The molecule has 1 fully saturated rings. The predicted molar refractivity (Wildman–Crippen MR) is 54.7 cm³/mol. The quantitative estimate of drug-likeness (QED) is 0.772. The van der Waals surface area contributed by atoms with Gasteiger partial charge in [0.25, 0.3) is 10.0 Å². The average molecular weight is 232 g/mol. The van der Waals surface area contributed by atoms with Gasteiger partial charge in [-0.3, -0.25) is 4.98 Å². The van der Waals surface area contributed by atoms with Gasteiger partial charge in [0, 0.05) is 13.1 Å². The number of rotatable bonds is 2. The highest BCUT2D eigenvalue weighted by Crippen LogP contribution is 2.22. The van der Waals surface area contributed by atoms with E-state index in [1.807, 2.05) is 0 Å². The van der Waals surface area contributed by atoms with Gasteiger partial charge in [-0.05, 0) is 12.8 Å². The van der Waals surface area contributed by atoms with E-state index in [9.17, 15) is 8.42 Å². The van der Waals surface area contributed by atoms with E-state index >= 15 is 0 Å². The van der Waals surface area contributed by atoms with Gasteiger partial charge in [0.1, 0.15) is 0 Å². The highest BCUT2D eigenvalue weighted by molar-refractivity contribution is 7.91. The summed E-state index contributed by atoms with van der Waals surface area (Å²) >= 11 is 1.18. The molecule has 2 rings (SSSR count). The molecule has 0 saturated carbocycles. The van der Waals surface area contributed by atoms with Crippen molar-refractivity contribution >= 4 is 21.4 Å². The van der Waals surface area contributed by atoms with Gasteiger partial charge in [-0.25, -0.2) is 8.42 Å². The first kappa shape index (κ1) is 10.1. The lowest BCUT2D eigenvalue weighted by Gasteiger charge is -2.24. The maximum atomic E-state index is 11.9. The maximum Gasteiger partial charge on any atom is 0.254 e. The highest BCUT2D eigenvalue weighted by Gasteiger charge is 2.26. The maximum absolute atomic E-state index is 11.9. The average Bonchev–Trinajstić information content (AvgIpc) is 2.72. The van der Waals surface area contributed by atoms with Crippen molar-refractivity contribution < 1.29 is 8.42 Å². The van der Waals surface area contributed by atoms with Crippen LogP contribution in [0.1, 0.15) is 19.3 Å². The summed E-state index contributed by atoms with van der Waals surface area (Å²) in [6, 6.07) is 0. The number of thiazole rings is 1. The fourth-order valence-electron chi connectivity index (χ4n) is 1.56. The van der Waals surface area contributed by atoms with E-state index in [0.717, 1.165) is 19.3 Å². The summed E-state index contributed by atoms with van der Waals surface area (Å²) in [5.74, 6) is 0. The van der Waals surface area contributed by atoms with Crippen LogP contribution >= 0.6 is 11.3 Å². The normalized spacial score (nSPS) is 19.7. The Bertz CT molecular complexity index is 379. The molecule has 0 atom stereocenters. The van der Waals surface area contributed by atoms with E-state index in [2.05, 4.69) is 4.98 Å². The Morgan fingerprint density at radius 3 is 2.57 bits per heavy atom. The zero-order valence-electron chi connectivity index (χ0n) is 7.72. The van der Waals surface area contributed by atoms with Crippen LogP contribution in [0.4, 0.5) is 0 Å². The van der Waals surface area contributed by atoms with E-state index in [1.165, 1.54) is 17.5 Å². The van der Waals surface area contributed by atoms with Crippen LogP contribution in [0.3, 0.4) is 0 Å². The molecule has 0 spiro atoms. The number of nitrogens with zero attached hydrogens (tertiary/aromatic N) is 2. The van der Waals surface area contributed by atoms with Crippen LogP contribution in [0.25, 0.3) is 0 Å². The number of hydrogen-bond acceptors (Lipinski definition) is 4. The summed E-state index contributed by atoms with van der Waals surface area (Å²) < 4.78 is 25.8. The second-order valence-corrected chi connectivity index (χ2v) is 6.34. The lowest BCUT2D eigenvalue weighted by molar-refractivity contribution is 0.347. The topological polar surface area (TPSA) is 50.3 Å². The van der Waals surface area contributed by atoms with Gasteiger partial charge in [-0.15, -0.1) is 11.3 Å².